The molecule has 3 N–H and O–H groups in total. The molecule has 3 heterocycles. The van der Waals surface area contributed by atoms with Crippen LogP contribution in [0, 0.1) is 0 Å². The van der Waals surface area contributed by atoms with Crippen molar-refractivity contribution in [3.05, 3.63) is 66.2 Å². The van der Waals surface area contributed by atoms with Gasteiger partial charge in [-0.3, -0.25) is 9.39 Å². The number of guanidine groups is 1. The van der Waals surface area contributed by atoms with Gasteiger partial charge in [-0.15, -0.1) is 10.2 Å². The quantitative estimate of drug-likeness (QED) is 0.263. The van der Waals surface area contributed by atoms with Crippen LogP contribution in [0.5, 0.6) is 0 Å². The number of rotatable bonds is 7. The molecule has 1 aromatic carbocycles. The molecule has 0 saturated heterocycles. The summed E-state index contributed by atoms with van der Waals surface area (Å²) < 4.78 is 2.04. The summed E-state index contributed by atoms with van der Waals surface area (Å²) in [6.07, 6.45) is 6.86. The lowest BCUT2D eigenvalue weighted by Crippen LogP contribution is -2.38. The van der Waals surface area contributed by atoms with Gasteiger partial charge in [0.1, 0.15) is 5.82 Å². The molecule has 7 nitrogen and oxygen atoms in total. The average molecular weight is 375 g/mol. The summed E-state index contributed by atoms with van der Waals surface area (Å²) in [6.45, 7) is 1.66. The van der Waals surface area contributed by atoms with E-state index in [1.165, 1.54) is 16.5 Å². The minimum absolute atomic E-state index is 0.825. The number of para-hydroxylation sites is 1. The Morgan fingerprint density at radius 2 is 1.89 bits per heavy atom. The monoisotopic (exact) mass is 375 g/mol. The molecule has 0 bridgehead atoms. The number of hydrogen-bond acceptors (Lipinski definition) is 3. The first kappa shape index (κ1) is 18.0. The lowest BCUT2D eigenvalue weighted by Gasteiger charge is -2.11. The molecular weight excluding hydrogens is 350 g/mol. The van der Waals surface area contributed by atoms with Gasteiger partial charge in [0.25, 0.3) is 0 Å². The molecule has 0 amide bonds. The Labute approximate surface area is 163 Å². The SMILES string of the molecule is CN=C(NCCCc1nnc2ccccn12)NCCc1c[nH]c2ccccc12. The predicted octanol–water partition coefficient (Wildman–Crippen LogP) is 2.55. The number of hydrogen-bond donors (Lipinski definition) is 3. The Morgan fingerprint density at radius 1 is 1.04 bits per heavy atom. The van der Waals surface area contributed by atoms with Gasteiger partial charge in [0.2, 0.25) is 0 Å². The molecule has 0 saturated carbocycles. The molecule has 0 unspecified atom stereocenters. The number of H-pyrrole nitrogens is 1. The largest absolute Gasteiger partial charge is 0.361 e. The Kier molecular flexibility index (Phi) is 5.51. The van der Waals surface area contributed by atoms with E-state index in [2.05, 4.69) is 61.3 Å². The van der Waals surface area contributed by atoms with E-state index in [1.54, 1.807) is 7.05 Å². The van der Waals surface area contributed by atoms with Crippen molar-refractivity contribution in [3.8, 4) is 0 Å². The van der Waals surface area contributed by atoms with Crippen LogP contribution in [0.25, 0.3) is 16.6 Å². The van der Waals surface area contributed by atoms with Gasteiger partial charge in [0.15, 0.2) is 11.6 Å². The van der Waals surface area contributed by atoms with Gasteiger partial charge >= 0.3 is 0 Å². The number of aryl methyl sites for hydroxylation is 1. The van der Waals surface area contributed by atoms with Crippen molar-refractivity contribution in [2.45, 2.75) is 19.3 Å². The Bertz CT molecular complexity index is 1080. The summed E-state index contributed by atoms with van der Waals surface area (Å²) in [6, 6.07) is 14.3. The zero-order chi connectivity index (χ0) is 19.2. The molecule has 28 heavy (non-hydrogen) atoms. The van der Waals surface area contributed by atoms with Crippen molar-refractivity contribution in [1.82, 2.24) is 30.2 Å². The van der Waals surface area contributed by atoms with Crippen LogP contribution in [0.4, 0.5) is 0 Å². The molecule has 4 aromatic rings. The third kappa shape index (κ3) is 3.98. The van der Waals surface area contributed by atoms with Crippen LogP contribution in [0.3, 0.4) is 0 Å². The molecule has 3 aromatic heterocycles. The minimum Gasteiger partial charge on any atom is -0.361 e. The molecular formula is C21H25N7. The Hall–Kier alpha value is -3.35. The fraction of sp³-hybridized carbons (Fsp3) is 0.286. The fourth-order valence-corrected chi connectivity index (χ4v) is 3.39. The molecule has 0 aliphatic carbocycles. The summed E-state index contributed by atoms with van der Waals surface area (Å²) in [5, 5.41) is 16.5. The van der Waals surface area contributed by atoms with Crippen LogP contribution in [0.1, 0.15) is 17.8 Å². The second-order valence-corrected chi connectivity index (χ2v) is 6.68. The second-order valence-electron chi connectivity index (χ2n) is 6.68. The highest BCUT2D eigenvalue weighted by Gasteiger charge is 2.05. The molecule has 0 aliphatic heterocycles. The van der Waals surface area contributed by atoms with Gasteiger partial charge in [-0.25, -0.2) is 0 Å². The third-order valence-electron chi connectivity index (χ3n) is 4.84. The van der Waals surface area contributed by atoms with Gasteiger partial charge in [-0.05, 0) is 36.6 Å². The third-order valence-corrected chi connectivity index (χ3v) is 4.84. The molecule has 7 heteroatoms. The highest BCUT2D eigenvalue weighted by atomic mass is 15.2. The maximum absolute atomic E-state index is 4.31. The van der Waals surface area contributed by atoms with Crippen molar-refractivity contribution in [3.63, 3.8) is 0 Å². The Balaban J connectivity index is 1.22. The van der Waals surface area contributed by atoms with E-state index in [0.717, 1.165) is 49.8 Å². The zero-order valence-electron chi connectivity index (χ0n) is 16.0. The van der Waals surface area contributed by atoms with Crippen LogP contribution in [-0.4, -0.2) is 45.7 Å². The number of benzene rings is 1. The van der Waals surface area contributed by atoms with Crippen molar-refractivity contribution >= 4 is 22.5 Å². The maximum Gasteiger partial charge on any atom is 0.190 e. The fourth-order valence-electron chi connectivity index (χ4n) is 3.39. The summed E-state index contributed by atoms with van der Waals surface area (Å²) in [5.74, 6) is 1.81. The van der Waals surface area contributed by atoms with Gasteiger partial charge in [-0.2, -0.15) is 0 Å². The van der Waals surface area contributed by atoms with E-state index in [-0.39, 0.29) is 0 Å². The lowest BCUT2D eigenvalue weighted by molar-refractivity contribution is 0.713. The summed E-state index contributed by atoms with van der Waals surface area (Å²) in [4.78, 5) is 7.63. The number of aromatic amines is 1. The topological polar surface area (TPSA) is 82.4 Å². The van der Waals surface area contributed by atoms with E-state index in [1.807, 2.05) is 28.8 Å². The summed E-state index contributed by atoms with van der Waals surface area (Å²) in [5.41, 5.74) is 3.39. The lowest BCUT2D eigenvalue weighted by atomic mass is 10.1. The first-order chi connectivity index (χ1) is 13.8. The zero-order valence-corrected chi connectivity index (χ0v) is 16.0. The van der Waals surface area contributed by atoms with Crippen molar-refractivity contribution in [1.29, 1.82) is 0 Å². The summed E-state index contributed by atoms with van der Waals surface area (Å²) in [7, 11) is 1.80. The van der Waals surface area contributed by atoms with Crippen LogP contribution >= 0.6 is 0 Å². The number of aromatic nitrogens is 4. The predicted molar refractivity (Wildman–Crippen MR) is 113 cm³/mol. The number of fused-ring (bicyclic) bond motifs is 2. The van der Waals surface area contributed by atoms with E-state index < -0.39 is 0 Å². The van der Waals surface area contributed by atoms with Crippen LogP contribution in [0.2, 0.25) is 0 Å². The van der Waals surface area contributed by atoms with Crippen LogP contribution in [0.15, 0.2) is 59.9 Å². The van der Waals surface area contributed by atoms with E-state index >= 15 is 0 Å². The number of nitrogens with zero attached hydrogens (tertiary/aromatic N) is 4. The first-order valence-electron chi connectivity index (χ1n) is 9.63. The van der Waals surface area contributed by atoms with Gasteiger partial charge in [-0.1, -0.05) is 24.3 Å². The smallest absolute Gasteiger partial charge is 0.190 e. The van der Waals surface area contributed by atoms with E-state index in [9.17, 15) is 0 Å². The standard InChI is InChI=1S/C21H25N7/c1-22-21(24-13-11-16-15-25-18-8-3-2-7-17(16)18)23-12-6-10-20-27-26-19-9-4-5-14-28(19)20/h2-5,7-9,14-15,25H,6,10-13H2,1H3,(H2,22,23,24). The summed E-state index contributed by atoms with van der Waals surface area (Å²) >= 11 is 0. The Morgan fingerprint density at radius 3 is 2.82 bits per heavy atom. The molecule has 0 atom stereocenters. The second kappa shape index (κ2) is 8.56. The van der Waals surface area contributed by atoms with Crippen molar-refractivity contribution in [2.24, 2.45) is 4.99 Å². The number of aliphatic imine (C=N–C) groups is 1. The van der Waals surface area contributed by atoms with Gasteiger partial charge in [0, 0.05) is 49.9 Å². The molecule has 0 fully saturated rings. The molecule has 144 valence electrons. The van der Waals surface area contributed by atoms with Crippen LogP contribution in [-0.2, 0) is 12.8 Å². The molecule has 0 radical (unpaired) electrons. The maximum atomic E-state index is 4.31. The van der Waals surface area contributed by atoms with Crippen molar-refractivity contribution < 1.29 is 0 Å². The average Bonchev–Trinajstić information content (AvgIpc) is 3.34. The molecule has 4 rings (SSSR count). The highest BCUT2D eigenvalue weighted by molar-refractivity contribution is 5.83. The number of nitrogens with one attached hydrogen (secondary N) is 3. The van der Waals surface area contributed by atoms with E-state index in [4.69, 9.17) is 0 Å². The molecule has 0 spiro atoms. The van der Waals surface area contributed by atoms with Gasteiger partial charge in [0.05, 0.1) is 0 Å². The first-order valence-corrected chi connectivity index (χ1v) is 9.63. The number of pyridine rings is 1. The van der Waals surface area contributed by atoms with Crippen LogP contribution < -0.4 is 10.6 Å². The van der Waals surface area contributed by atoms with Gasteiger partial charge < -0.3 is 15.6 Å². The normalized spacial score (nSPS) is 12.0. The highest BCUT2D eigenvalue weighted by Crippen LogP contribution is 2.17. The molecule has 0 aliphatic rings. The van der Waals surface area contributed by atoms with E-state index in [0.29, 0.717) is 0 Å². The minimum atomic E-state index is 0.825. The van der Waals surface area contributed by atoms with Crippen molar-refractivity contribution in [2.75, 3.05) is 20.1 Å².